The summed E-state index contributed by atoms with van der Waals surface area (Å²) in [5, 5.41) is 0.837. The molecule has 0 bridgehead atoms. The van der Waals surface area contributed by atoms with Crippen molar-refractivity contribution in [1.82, 2.24) is 9.88 Å². The fraction of sp³-hybridized carbons (Fsp3) is 0.412. The van der Waals surface area contributed by atoms with E-state index in [0.717, 1.165) is 5.39 Å². The third kappa shape index (κ3) is 3.21. The summed E-state index contributed by atoms with van der Waals surface area (Å²) < 4.78 is 15.7. The van der Waals surface area contributed by atoms with Gasteiger partial charge in [-0.15, -0.1) is 0 Å². The Bertz CT molecular complexity index is 814. The smallest absolute Gasteiger partial charge is 0.253 e. The van der Waals surface area contributed by atoms with Crippen molar-refractivity contribution in [2.45, 2.75) is 19.9 Å². The number of ether oxygens (including phenoxy) is 3. The van der Waals surface area contributed by atoms with Gasteiger partial charge >= 0.3 is 0 Å². The van der Waals surface area contributed by atoms with Crippen LogP contribution in [0.4, 0.5) is 0 Å². The van der Waals surface area contributed by atoms with Crippen molar-refractivity contribution in [1.29, 1.82) is 0 Å². The molecular weight excluding hydrogens is 312 g/mol. The summed E-state index contributed by atoms with van der Waals surface area (Å²) in [5.74, 6) is 1.26. The minimum Gasteiger partial charge on any atom is -0.454 e. The molecule has 0 atom stereocenters. The van der Waals surface area contributed by atoms with E-state index in [1.54, 1.807) is 31.1 Å². The minimum atomic E-state index is -0.215. The van der Waals surface area contributed by atoms with E-state index >= 15 is 0 Å². The maximum absolute atomic E-state index is 12.4. The number of carbonyl (C=O) groups is 1. The van der Waals surface area contributed by atoms with Crippen LogP contribution in [0.15, 0.2) is 23.0 Å². The predicted octanol–water partition coefficient (Wildman–Crippen LogP) is 1.64. The summed E-state index contributed by atoms with van der Waals surface area (Å²) in [6.45, 7) is 3.10. The van der Waals surface area contributed by atoms with E-state index in [4.69, 9.17) is 14.2 Å². The number of rotatable bonds is 6. The molecule has 7 nitrogen and oxygen atoms in total. The van der Waals surface area contributed by atoms with Crippen LogP contribution < -0.4 is 15.0 Å². The summed E-state index contributed by atoms with van der Waals surface area (Å²) in [7, 11) is 1.58. The second-order valence-electron chi connectivity index (χ2n) is 5.58. The van der Waals surface area contributed by atoms with Crippen LogP contribution >= 0.6 is 0 Å². The lowest BCUT2D eigenvalue weighted by molar-refractivity contribution is -0.132. The number of hydrogen-bond acceptors (Lipinski definition) is 5. The number of aromatic nitrogens is 1. The number of methoxy groups -OCH3 is 1. The fourth-order valence-corrected chi connectivity index (χ4v) is 2.68. The van der Waals surface area contributed by atoms with Gasteiger partial charge in [-0.05, 0) is 12.1 Å². The number of nitrogens with zero attached hydrogens (tertiary/aromatic N) is 1. The Hall–Kier alpha value is -2.54. The highest BCUT2D eigenvalue weighted by Gasteiger charge is 2.17. The zero-order valence-corrected chi connectivity index (χ0v) is 13.8. The number of aromatic amines is 1. The molecule has 0 unspecified atom stereocenters. The zero-order chi connectivity index (χ0) is 17.1. The van der Waals surface area contributed by atoms with E-state index in [1.165, 1.54) is 0 Å². The first-order chi connectivity index (χ1) is 11.6. The van der Waals surface area contributed by atoms with Gasteiger partial charge in [0.1, 0.15) is 0 Å². The summed E-state index contributed by atoms with van der Waals surface area (Å²) in [4.78, 5) is 28.9. The largest absolute Gasteiger partial charge is 0.454 e. The number of benzene rings is 1. The molecule has 1 aliphatic rings. The van der Waals surface area contributed by atoms with E-state index < -0.39 is 0 Å². The SMILES string of the molecule is CCC(=O)N(CCOC)Cc1cc2cc3c(cc2[nH]c1=O)OCO3. The lowest BCUT2D eigenvalue weighted by Gasteiger charge is -2.21. The molecule has 0 aliphatic carbocycles. The molecule has 0 spiro atoms. The highest BCUT2D eigenvalue weighted by molar-refractivity contribution is 5.83. The van der Waals surface area contributed by atoms with Gasteiger partial charge in [-0.2, -0.15) is 0 Å². The monoisotopic (exact) mass is 332 g/mol. The van der Waals surface area contributed by atoms with Gasteiger partial charge in [0.25, 0.3) is 5.56 Å². The first-order valence-corrected chi connectivity index (χ1v) is 7.84. The van der Waals surface area contributed by atoms with Gasteiger partial charge in [-0.25, -0.2) is 0 Å². The minimum absolute atomic E-state index is 0.0165. The van der Waals surface area contributed by atoms with Crippen molar-refractivity contribution in [2.24, 2.45) is 0 Å². The van der Waals surface area contributed by atoms with Crippen LogP contribution in [-0.2, 0) is 16.1 Å². The second kappa shape index (κ2) is 6.92. The molecule has 0 saturated carbocycles. The molecule has 7 heteroatoms. The summed E-state index contributed by atoms with van der Waals surface area (Å²) in [6, 6.07) is 5.37. The van der Waals surface area contributed by atoms with Crippen LogP contribution in [0, 0.1) is 0 Å². The van der Waals surface area contributed by atoms with Gasteiger partial charge in [-0.1, -0.05) is 6.92 Å². The molecular formula is C17H20N2O5. The van der Waals surface area contributed by atoms with Crippen molar-refractivity contribution in [3.63, 3.8) is 0 Å². The second-order valence-corrected chi connectivity index (χ2v) is 5.58. The molecule has 2 aromatic rings. The molecule has 1 aromatic heterocycles. The first kappa shape index (κ1) is 16.3. The molecule has 2 heterocycles. The Morgan fingerprint density at radius 2 is 2.04 bits per heavy atom. The fourth-order valence-electron chi connectivity index (χ4n) is 2.68. The van der Waals surface area contributed by atoms with Gasteiger partial charge in [0.15, 0.2) is 11.5 Å². The van der Waals surface area contributed by atoms with Gasteiger partial charge in [0.05, 0.1) is 18.7 Å². The average Bonchev–Trinajstić information content (AvgIpc) is 3.03. The molecule has 0 radical (unpaired) electrons. The van der Waals surface area contributed by atoms with Crippen LogP contribution in [0.1, 0.15) is 18.9 Å². The van der Waals surface area contributed by atoms with Crippen molar-refractivity contribution in [3.8, 4) is 11.5 Å². The highest BCUT2D eigenvalue weighted by atomic mass is 16.7. The maximum atomic E-state index is 12.4. The number of fused-ring (bicyclic) bond motifs is 2. The number of amides is 1. The quantitative estimate of drug-likeness (QED) is 0.870. The van der Waals surface area contributed by atoms with Gasteiger partial charge in [0.2, 0.25) is 12.7 Å². The van der Waals surface area contributed by atoms with Gasteiger partial charge in [-0.3, -0.25) is 9.59 Å². The van der Waals surface area contributed by atoms with Crippen molar-refractivity contribution in [2.75, 3.05) is 27.1 Å². The van der Waals surface area contributed by atoms with Crippen molar-refractivity contribution in [3.05, 3.63) is 34.1 Å². The number of hydrogen-bond donors (Lipinski definition) is 1. The Balaban J connectivity index is 1.93. The molecule has 1 N–H and O–H groups in total. The standard InChI is InChI=1S/C17H20N2O5/c1-3-16(20)19(4-5-22-2)9-12-6-11-7-14-15(24-10-23-14)8-13(11)18-17(12)21/h6-8H,3-5,9-10H2,1-2H3,(H,18,21). The normalized spacial score (nSPS) is 12.6. The predicted molar refractivity (Wildman–Crippen MR) is 88.3 cm³/mol. The Morgan fingerprint density at radius 3 is 2.75 bits per heavy atom. The van der Waals surface area contributed by atoms with E-state index in [2.05, 4.69) is 4.98 Å². The number of nitrogens with one attached hydrogen (secondary N) is 1. The van der Waals surface area contributed by atoms with Gasteiger partial charge in [0, 0.05) is 37.1 Å². The van der Waals surface area contributed by atoms with E-state index in [1.807, 2.05) is 6.07 Å². The van der Waals surface area contributed by atoms with E-state index in [-0.39, 0.29) is 24.8 Å². The Kier molecular flexibility index (Phi) is 4.71. The highest BCUT2D eigenvalue weighted by Crippen LogP contribution is 2.35. The topological polar surface area (TPSA) is 80.9 Å². The molecule has 1 aliphatic heterocycles. The van der Waals surface area contributed by atoms with Gasteiger partial charge < -0.3 is 24.1 Å². The van der Waals surface area contributed by atoms with Crippen LogP contribution in [0.2, 0.25) is 0 Å². The number of pyridine rings is 1. The number of carbonyl (C=O) groups excluding carboxylic acids is 1. The summed E-state index contributed by atoms with van der Waals surface area (Å²) in [5.41, 5.74) is 0.991. The molecule has 24 heavy (non-hydrogen) atoms. The lowest BCUT2D eigenvalue weighted by Crippen LogP contribution is -2.34. The molecule has 0 fully saturated rings. The van der Waals surface area contributed by atoms with Crippen LogP contribution in [0.25, 0.3) is 10.9 Å². The molecule has 1 amide bonds. The Labute approximate surface area is 139 Å². The summed E-state index contributed by atoms with van der Waals surface area (Å²) >= 11 is 0. The Morgan fingerprint density at radius 1 is 1.29 bits per heavy atom. The van der Waals surface area contributed by atoms with E-state index in [0.29, 0.717) is 42.2 Å². The summed E-state index contributed by atoms with van der Waals surface area (Å²) in [6.07, 6.45) is 0.383. The van der Waals surface area contributed by atoms with Crippen LogP contribution in [0.3, 0.4) is 0 Å². The molecule has 0 saturated heterocycles. The number of H-pyrrole nitrogens is 1. The molecule has 1 aromatic carbocycles. The molecule has 128 valence electrons. The first-order valence-electron chi connectivity index (χ1n) is 7.84. The van der Waals surface area contributed by atoms with Crippen molar-refractivity contribution < 1.29 is 19.0 Å². The average molecular weight is 332 g/mol. The molecule has 3 rings (SSSR count). The van der Waals surface area contributed by atoms with Crippen LogP contribution in [-0.4, -0.2) is 42.8 Å². The lowest BCUT2D eigenvalue weighted by atomic mass is 10.1. The van der Waals surface area contributed by atoms with Crippen molar-refractivity contribution >= 4 is 16.8 Å². The van der Waals surface area contributed by atoms with E-state index in [9.17, 15) is 9.59 Å². The zero-order valence-electron chi connectivity index (χ0n) is 13.8. The van der Waals surface area contributed by atoms with Crippen LogP contribution in [0.5, 0.6) is 11.5 Å². The maximum Gasteiger partial charge on any atom is 0.253 e. The third-order valence-corrected chi connectivity index (χ3v) is 4.00. The third-order valence-electron chi connectivity index (χ3n) is 4.00.